The minimum absolute atomic E-state index is 0.435. The Labute approximate surface area is 99.3 Å². The van der Waals surface area contributed by atoms with Gasteiger partial charge in [-0.2, -0.15) is 5.26 Å². The van der Waals surface area contributed by atoms with Gasteiger partial charge in [-0.1, -0.05) is 40.0 Å². The van der Waals surface area contributed by atoms with Crippen molar-refractivity contribution in [1.82, 2.24) is 4.31 Å². The number of nitrogens with zero attached hydrogens (tertiary/aromatic N) is 2. The molecule has 94 valence electrons. The molecule has 1 atom stereocenters. The van der Waals surface area contributed by atoms with Gasteiger partial charge in [0.05, 0.1) is 6.07 Å². The molecule has 5 heteroatoms. The van der Waals surface area contributed by atoms with Crippen molar-refractivity contribution in [2.24, 2.45) is 0 Å². The fourth-order valence-electron chi connectivity index (χ4n) is 1.62. The molecule has 4 nitrogen and oxygen atoms in total. The molecular formula is C11H22N2O2S. The van der Waals surface area contributed by atoms with Crippen molar-refractivity contribution in [3.8, 4) is 6.07 Å². The number of rotatable bonds is 8. The molecule has 0 fully saturated rings. The van der Waals surface area contributed by atoms with E-state index in [1.54, 1.807) is 13.8 Å². The van der Waals surface area contributed by atoms with Gasteiger partial charge in [0.1, 0.15) is 0 Å². The third-order valence-corrected chi connectivity index (χ3v) is 4.94. The van der Waals surface area contributed by atoms with Crippen LogP contribution in [0.3, 0.4) is 0 Å². The minimum Gasteiger partial charge on any atom is -0.211 e. The molecule has 16 heavy (non-hydrogen) atoms. The standard InChI is InChI=1S/C11H22N2O2S/c1-4-7-8-9-11(10-12)16(14,15)13(5-2)6-3/h11H,4-9H2,1-3H3. The van der Waals surface area contributed by atoms with Crippen molar-refractivity contribution >= 4 is 10.0 Å². The Balaban J connectivity index is 4.62. The summed E-state index contributed by atoms with van der Waals surface area (Å²) in [7, 11) is -3.42. The topological polar surface area (TPSA) is 61.2 Å². The average Bonchev–Trinajstić information content (AvgIpc) is 2.25. The van der Waals surface area contributed by atoms with Crippen LogP contribution in [0, 0.1) is 11.3 Å². The van der Waals surface area contributed by atoms with Crippen molar-refractivity contribution in [3.05, 3.63) is 0 Å². The van der Waals surface area contributed by atoms with E-state index in [0.717, 1.165) is 19.3 Å². The van der Waals surface area contributed by atoms with Gasteiger partial charge in [0.2, 0.25) is 10.0 Å². The van der Waals surface area contributed by atoms with Crippen molar-refractivity contribution in [1.29, 1.82) is 5.26 Å². The Morgan fingerprint density at radius 2 is 1.75 bits per heavy atom. The summed E-state index contributed by atoms with van der Waals surface area (Å²) >= 11 is 0. The first-order valence-electron chi connectivity index (χ1n) is 5.93. The molecular weight excluding hydrogens is 224 g/mol. The normalized spacial score (nSPS) is 13.7. The van der Waals surface area contributed by atoms with E-state index < -0.39 is 15.3 Å². The zero-order chi connectivity index (χ0) is 12.6. The van der Waals surface area contributed by atoms with E-state index in [1.807, 2.05) is 6.07 Å². The van der Waals surface area contributed by atoms with Crippen LogP contribution in [0.25, 0.3) is 0 Å². The molecule has 0 aromatic carbocycles. The van der Waals surface area contributed by atoms with E-state index in [4.69, 9.17) is 5.26 Å². The fraction of sp³-hybridized carbons (Fsp3) is 0.909. The molecule has 0 aliphatic heterocycles. The molecule has 0 aromatic heterocycles. The summed E-state index contributed by atoms with van der Waals surface area (Å²) in [4.78, 5) is 0. The van der Waals surface area contributed by atoms with Crippen LogP contribution in [0.15, 0.2) is 0 Å². The summed E-state index contributed by atoms with van der Waals surface area (Å²) in [6.45, 7) is 6.51. The molecule has 0 saturated carbocycles. The third-order valence-electron chi connectivity index (χ3n) is 2.64. The van der Waals surface area contributed by atoms with Crippen molar-refractivity contribution in [3.63, 3.8) is 0 Å². The molecule has 0 rings (SSSR count). The Bertz CT molecular complexity index is 315. The highest BCUT2D eigenvalue weighted by molar-refractivity contribution is 7.90. The predicted octanol–water partition coefficient (Wildman–Crippen LogP) is 2.13. The molecule has 0 bridgehead atoms. The first-order chi connectivity index (χ1) is 7.54. The lowest BCUT2D eigenvalue weighted by atomic mass is 10.2. The van der Waals surface area contributed by atoms with E-state index >= 15 is 0 Å². The Kier molecular flexibility index (Phi) is 7.35. The van der Waals surface area contributed by atoms with E-state index in [0.29, 0.717) is 19.5 Å². The zero-order valence-corrected chi connectivity index (χ0v) is 11.3. The van der Waals surface area contributed by atoms with Crippen molar-refractivity contribution in [2.75, 3.05) is 13.1 Å². The lowest BCUT2D eigenvalue weighted by Gasteiger charge is -2.21. The monoisotopic (exact) mass is 246 g/mol. The molecule has 0 aromatic rings. The van der Waals surface area contributed by atoms with Gasteiger partial charge in [0.15, 0.2) is 5.25 Å². The van der Waals surface area contributed by atoms with Crippen LogP contribution >= 0.6 is 0 Å². The van der Waals surface area contributed by atoms with Crippen molar-refractivity contribution < 1.29 is 8.42 Å². The van der Waals surface area contributed by atoms with Gasteiger partial charge in [0.25, 0.3) is 0 Å². The summed E-state index contributed by atoms with van der Waals surface area (Å²) in [5, 5.41) is 8.07. The van der Waals surface area contributed by atoms with Gasteiger partial charge in [-0.15, -0.1) is 0 Å². The second kappa shape index (κ2) is 7.64. The minimum atomic E-state index is -3.42. The van der Waals surface area contributed by atoms with Crippen LogP contribution in [0.1, 0.15) is 46.5 Å². The number of hydrogen-bond acceptors (Lipinski definition) is 3. The molecule has 0 spiro atoms. The van der Waals surface area contributed by atoms with E-state index in [9.17, 15) is 8.42 Å². The van der Waals surface area contributed by atoms with Crippen LogP contribution in [-0.2, 0) is 10.0 Å². The summed E-state index contributed by atoms with van der Waals surface area (Å²) < 4.78 is 25.4. The van der Waals surface area contributed by atoms with Gasteiger partial charge in [-0.3, -0.25) is 0 Å². The highest BCUT2D eigenvalue weighted by Crippen LogP contribution is 2.15. The fourth-order valence-corrected chi connectivity index (χ4v) is 3.30. The van der Waals surface area contributed by atoms with Crippen LogP contribution in [0.2, 0.25) is 0 Å². The first-order valence-corrected chi connectivity index (χ1v) is 7.43. The Hall–Kier alpha value is -0.600. The van der Waals surface area contributed by atoms with Crippen LogP contribution in [-0.4, -0.2) is 31.1 Å². The maximum Gasteiger partial charge on any atom is 0.230 e. The van der Waals surface area contributed by atoms with Gasteiger partial charge < -0.3 is 0 Å². The quantitative estimate of drug-likeness (QED) is 0.616. The summed E-state index contributed by atoms with van der Waals surface area (Å²) in [6, 6.07) is 1.92. The number of nitriles is 1. The Morgan fingerprint density at radius 1 is 1.19 bits per heavy atom. The molecule has 0 saturated heterocycles. The lowest BCUT2D eigenvalue weighted by Crippen LogP contribution is -2.38. The summed E-state index contributed by atoms with van der Waals surface area (Å²) in [5.41, 5.74) is 0. The average molecular weight is 246 g/mol. The second-order valence-corrected chi connectivity index (χ2v) is 5.86. The van der Waals surface area contributed by atoms with E-state index in [1.165, 1.54) is 4.31 Å². The van der Waals surface area contributed by atoms with Gasteiger partial charge >= 0.3 is 0 Å². The number of hydrogen-bond donors (Lipinski definition) is 0. The molecule has 0 amide bonds. The van der Waals surface area contributed by atoms with Crippen LogP contribution in [0.5, 0.6) is 0 Å². The molecule has 0 aliphatic rings. The Morgan fingerprint density at radius 3 is 2.12 bits per heavy atom. The zero-order valence-electron chi connectivity index (χ0n) is 10.4. The predicted molar refractivity (Wildman–Crippen MR) is 65.4 cm³/mol. The largest absolute Gasteiger partial charge is 0.230 e. The maximum absolute atomic E-state index is 12.0. The first kappa shape index (κ1) is 15.4. The van der Waals surface area contributed by atoms with E-state index in [-0.39, 0.29) is 0 Å². The van der Waals surface area contributed by atoms with Crippen molar-refractivity contribution in [2.45, 2.75) is 51.7 Å². The lowest BCUT2D eigenvalue weighted by molar-refractivity contribution is 0.437. The molecule has 1 unspecified atom stereocenters. The SMILES string of the molecule is CCCCCC(C#N)S(=O)(=O)N(CC)CC. The molecule has 0 radical (unpaired) electrons. The third kappa shape index (κ3) is 4.11. The highest BCUT2D eigenvalue weighted by Gasteiger charge is 2.29. The molecule has 0 N–H and O–H groups in total. The number of sulfonamides is 1. The van der Waals surface area contributed by atoms with Crippen LogP contribution in [0.4, 0.5) is 0 Å². The van der Waals surface area contributed by atoms with E-state index in [2.05, 4.69) is 6.92 Å². The summed E-state index contributed by atoms with van der Waals surface area (Å²) in [6.07, 6.45) is 3.26. The maximum atomic E-state index is 12.0. The van der Waals surface area contributed by atoms with Gasteiger partial charge in [-0.05, 0) is 6.42 Å². The smallest absolute Gasteiger partial charge is 0.211 e. The summed E-state index contributed by atoms with van der Waals surface area (Å²) in [5.74, 6) is 0. The highest BCUT2D eigenvalue weighted by atomic mass is 32.2. The second-order valence-electron chi connectivity index (χ2n) is 3.74. The van der Waals surface area contributed by atoms with Crippen LogP contribution < -0.4 is 0 Å². The van der Waals surface area contributed by atoms with Gasteiger partial charge in [-0.25, -0.2) is 12.7 Å². The molecule has 0 aliphatic carbocycles. The number of unbranched alkanes of at least 4 members (excludes halogenated alkanes) is 2. The van der Waals surface area contributed by atoms with Gasteiger partial charge in [0, 0.05) is 13.1 Å². The molecule has 0 heterocycles.